The molecule has 0 spiro atoms. The SMILES string of the molecule is CC(=O)c1cccnc1N(C)CCC(F)(F)F. The van der Waals surface area contributed by atoms with E-state index in [-0.39, 0.29) is 18.1 Å². The van der Waals surface area contributed by atoms with Crippen molar-refractivity contribution in [3.8, 4) is 0 Å². The van der Waals surface area contributed by atoms with Gasteiger partial charge in [-0.2, -0.15) is 13.2 Å². The van der Waals surface area contributed by atoms with E-state index in [9.17, 15) is 18.0 Å². The van der Waals surface area contributed by atoms with E-state index in [0.717, 1.165) is 0 Å². The second-order valence-electron chi connectivity index (χ2n) is 3.72. The second kappa shape index (κ2) is 5.16. The van der Waals surface area contributed by atoms with Crippen molar-refractivity contribution in [2.75, 3.05) is 18.5 Å². The van der Waals surface area contributed by atoms with Crippen LogP contribution in [0.2, 0.25) is 0 Å². The molecule has 94 valence electrons. The van der Waals surface area contributed by atoms with E-state index in [0.29, 0.717) is 5.56 Å². The fourth-order valence-electron chi connectivity index (χ4n) is 1.38. The van der Waals surface area contributed by atoms with Crippen molar-refractivity contribution in [3.05, 3.63) is 23.9 Å². The number of hydrogen-bond acceptors (Lipinski definition) is 3. The molecule has 0 unspecified atom stereocenters. The summed E-state index contributed by atoms with van der Waals surface area (Å²) >= 11 is 0. The molecule has 1 rings (SSSR count). The van der Waals surface area contributed by atoms with Gasteiger partial charge in [-0.3, -0.25) is 4.79 Å². The molecule has 0 aliphatic carbocycles. The number of aromatic nitrogens is 1. The summed E-state index contributed by atoms with van der Waals surface area (Å²) in [6.45, 7) is 1.14. The molecular formula is C11H13F3N2O. The van der Waals surface area contributed by atoms with Crippen LogP contribution in [0.1, 0.15) is 23.7 Å². The van der Waals surface area contributed by atoms with Crippen LogP contribution in [0.15, 0.2) is 18.3 Å². The van der Waals surface area contributed by atoms with Crippen molar-refractivity contribution in [1.82, 2.24) is 4.98 Å². The predicted molar refractivity (Wildman–Crippen MR) is 58.2 cm³/mol. The molecule has 0 aliphatic heterocycles. The van der Waals surface area contributed by atoms with E-state index in [1.165, 1.54) is 25.1 Å². The highest BCUT2D eigenvalue weighted by molar-refractivity contribution is 5.98. The minimum Gasteiger partial charge on any atom is -0.359 e. The molecule has 0 amide bonds. The minimum absolute atomic E-state index is 0.216. The molecule has 3 nitrogen and oxygen atoms in total. The number of pyridine rings is 1. The molecule has 1 aromatic rings. The minimum atomic E-state index is -4.21. The number of rotatable bonds is 4. The highest BCUT2D eigenvalue weighted by Crippen LogP contribution is 2.22. The van der Waals surface area contributed by atoms with Gasteiger partial charge in [-0.15, -0.1) is 0 Å². The van der Waals surface area contributed by atoms with Gasteiger partial charge in [0.05, 0.1) is 12.0 Å². The van der Waals surface area contributed by atoms with Crippen LogP contribution >= 0.6 is 0 Å². The molecule has 0 aliphatic rings. The van der Waals surface area contributed by atoms with E-state index in [2.05, 4.69) is 4.98 Å². The fourth-order valence-corrected chi connectivity index (χ4v) is 1.38. The summed E-state index contributed by atoms with van der Waals surface area (Å²) in [5.74, 6) is 0.0659. The quantitative estimate of drug-likeness (QED) is 0.766. The van der Waals surface area contributed by atoms with Gasteiger partial charge in [-0.1, -0.05) is 0 Å². The summed E-state index contributed by atoms with van der Waals surface area (Å²) in [7, 11) is 1.49. The van der Waals surface area contributed by atoms with Gasteiger partial charge in [0.15, 0.2) is 5.78 Å². The number of Topliss-reactive ketones (excluding diaryl/α,β-unsaturated/α-hetero) is 1. The molecule has 6 heteroatoms. The molecule has 0 fully saturated rings. The number of nitrogens with zero attached hydrogens (tertiary/aromatic N) is 2. The van der Waals surface area contributed by atoms with Gasteiger partial charge in [0.1, 0.15) is 5.82 Å². The molecule has 0 aromatic carbocycles. The first-order chi connectivity index (χ1) is 7.81. The maximum Gasteiger partial charge on any atom is 0.390 e. The third kappa shape index (κ3) is 4.05. The third-order valence-electron chi connectivity index (χ3n) is 2.26. The van der Waals surface area contributed by atoms with Crippen LogP contribution in [-0.2, 0) is 0 Å². The summed E-state index contributed by atoms with van der Waals surface area (Å²) in [6.07, 6.45) is -3.69. The van der Waals surface area contributed by atoms with Crippen molar-refractivity contribution in [3.63, 3.8) is 0 Å². The Morgan fingerprint density at radius 1 is 1.47 bits per heavy atom. The van der Waals surface area contributed by atoms with Gasteiger partial charge in [-0.05, 0) is 19.1 Å². The zero-order valence-corrected chi connectivity index (χ0v) is 9.58. The van der Waals surface area contributed by atoms with Crippen LogP contribution in [0, 0.1) is 0 Å². The fraction of sp³-hybridized carbons (Fsp3) is 0.455. The largest absolute Gasteiger partial charge is 0.390 e. The van der Waals surface area contributed by atoms with Crippen LogP contribution in [0.4, 0.5) is 19.0 Å². The van der Waals surface area contributed by atoms with Crippen molar-refractivity contribution in [2.45, 2.75) is 19.5 Å². The zero-order valence-electron chi connectivity index (χ0n) is 9.58. The number of alkyl halides is 3. The standard InChI is InChI=1S/C11H13F3N2O/c1-8(17)9-4-3-6-15-10(9)16(2)7-5-11(12,13)14/h3-4,6H,5,7H2,1-2H3. The maximum atomic E-state index is 12.1. The van der Waals surface area contributed by atoms with Gasteiger partial charge < -0.3 is 4.90 Å². The molecule has 0 saturated heterocycles. The first-order valence-electron chi connectivity index (χ1n) is 5.05. The molecule has 1 aromatic heterocycles. The van der Waals surface area contributed by atoms with E-state index >= 15 is 0 Å². The van der Waals surface area contributed by atoms with Gasteiger partial charge in [0, 0.05) is 19.8 Å². The lowest BCUT2D eigenvalue weighted by Gasteiger charge is -2.20. The Morgan fingerprint density at radius 2 is 2.12 bits per heavy atom. The summed E-state index contributed by atoms with van der Waals surface area (Å²) < 4.78 is 36.2. The molecule has 0 atom stereocenters. The summed E-state index contributed by atoms with van der Waals surface area (Å²) in [4.78, 5) is 16.6. The average Bonchev–Trinajstić information content (AvgIpc) is 2.25. The molecular weight excluding hydrogens is 233 g/mol. The van der Waals surface area contributed by atoms with Crippen molar-refractivity contribution in [2.24, 2.45) is 0 Å². The molecule has 17 heavy (non-hydrogen) atoms. The van der Waals surface area contributed by atoms with Gasteiger partial charge in [-0.25, -0.2) is 4.98 Å². The summed E-state index contributed by atoms with van der Waals surface area (Å²) in [5.41, 5.74) is 0.331. The number of carbonyl (C=O) groups is 1. The van der Waals surface area contributed by atoms with Crippen LogP contribution in [0.25, 0.3) is 0 Å². The van der Waals surface area contributed by atoms with Crippen LogP contribution in [0.5, 0.6) is 0 Å². The first-order valence-corrected chi connectivity index (χ1v) is 5.05. The average molecular weight is 246 g/mol. The lowest BCUT2D eigenvalue weighted by atomic mass is 10.2. The molecule has 1 heterocycles. The lowest BCUT2D eigenvalue weighted by Crippen LogP contribution is -2.26. The maximum absolute atomic E-state index is 12.1. The van der Waals surface area contributed by atoms with Gasteiger partial charge >= 0.3 is 6.18 Å². The van der Waals surface area contributed by atoms with Crippen molar-refractivity contribution >= 4 is 11.6 Å². The summed E-state index contributed by atoms with van der Waals surface area (Å²) in [6, 6.07) is 3.13. The van der Waals surface area contributed by atoms with Crippen molar-refractivity contribution < 1.29 is 18.0 Å². The number of ketones is 1. The Bertz CT molecular complexity index is 404. The number of halogens is 3. The monoisotopic (exact) mass is 246 g/mol. The Hall–Kier alpha value is -1.59. The first kappa shape index (κ1) is 13.5. The predicted octanol–water partition coefficient (Wildman–Crippen LogP) is 2.67. The Balaban J connectivity index is 2.82. The van der Waals surface area contributed by atoms with E-state index in [1.807, 2.05) is 0 Å². The van der Waals surface area contributed by atoms with Crippen LogP contribution < -0.4 is 4.90 Å². The number of carbonyl (C=O) groups excluding carboxylic acids is 1. The van der Waals surface area contributed by atoms with Crippen LogP contribution in [-0.4, -0.2) is 30.5 Å². The van der Waals surface area contributed by atoms with E-state index < -0.39 is 12.6 Å². The molecule has 0 radical (unpaired) electrons. The Morgan fingerprint density at radius 3 is 2.65 bits per heavy atom. The van der Waals surface area contributed by atoms with E-state index in [4.69, 9.17) is 0 Å². The lowest BCUT2D eigenvalue weighted by molar-refractivity contribution is -0.132. The highest BCUT2D eigenvalue weighted by Gasteiger charge is 2.27. The number of anilines is 1. The highest BCUT2D eigenvalue weighted by atomic mass is 19.4. The summed E-state index contributed by atoms with van der Waals surface area (Å²) in [5, 5.41) is 0. The van der Waals surface area contributed by atoms with Crippen molar-refractivity contribution in [1.29, 1.82) is 0 Å². The zero-order chi connectivity index (χ0) is 13.1. The Labute approximate surface area is 97.3 Å². The normalized spacial score (nSPS) is 11.4. The third-order valence-corrected chi connectivity index (χ3v) is 2.26. The van der Waals surface area contributed by atoms with E-state index in [1.54, 1.807) is 12.1 Å². The number of hydrogen-bond donors (Lipinski definition) is 0. The molecule has 0 N–H and O–H groups in total. The second-order valence-corrected chi connectivity index (χ2v) is 3.72. The topological polar surface area (TPSA) is 33.2 Å². The van der Waals surface area contributed by atoms with Crippen LogP contribution in [0.3, 0.4) is 0 Å². The Kier molecular flexibility index (Phi) is 4.09. The molecule has 0 saturated carbocycles. The smallest absolute Gasteiger partial charge is 0.359 e. The molecule has 0 bridgehead atoms. The van der Waals surface area contributed by atoms with Gasteiger partial charge in [0.25, 0.3) is 0 Å². The van der Waals surface area contributed by atoms with Gasteiger partial charge in [0.2, 0.25) is 0 Å².